The van der Waals surface area contributed by atoms with Crippen LogP contribution in [0.1, 0.15) is 37.0 Å². The highest BCUT2D eigenvalue weighted by atomic mass is 32.2. The first-order chi connectivity index (χ1) is 12.5. The monoisotopic (exact) mass is 389 g/mol. The second-order valence-electron chi connectivity index (χ2n) is 6.58. The van der Waals surface area contributed by atoms with E-state index in [1.165, 1.54) is 11.3 Å². The molecule has 1 fully saturated rings. The Labute approximate surface area is 162 Å². The van der Waals surface area contributed by atoms with E-state index in [4.69, 9.17) is 0 Å². The lowest BCUT2D eigenvalue weighted by atomic mass is 9.96. The van der Waals surface area contributed by atoms with Crippen LogP contribution in [0.3, 0.4) is 0 Å². The first-order valence-corrected chi connectivity index (χ1v) is 10.6. The zero-order valence-corrected chi connectivity index (χ0v) is 16.6. The smallest absolute Gasteiger partial charge is 0.255 e. The fourth-order valence-corrected chi connectivity index (χ4v) is 4.52. The Morgan fingerprint density at radius 1 is 1.35 bits per heavy atom. The third-order valence-electron chi connectivity index (χ3n) is 4.22. The summed E-state index contributed by atoms with van der Waals surface area (Å²) in [6, 6.07) is 7.73. The van der Waals surface area contributed by atoms with Crippen molar-refractivity contribution >= 4 is 40.0 Å². The first-order valence-electron chi connectivity index (χ1n) is 8.80. The number of nitrogens with zero attached hydrogens (tertiary/aromatic N) is 2. The molecule has 1 aliphatic heterocycles. The molecule has 2 amide bonds. The number of aromatic nitrogens is 1. The maximum absolute atomic E-state index is 13.1. The molecular formula is C19H23N3O2S2. The minimum absolute atomic E-state index is 0.0144. The summed E-state index contributed by atoms with van der Waals surface area (Å²) in [4.78, 5) is 32.5. The van der Waals surface area contributed by atoms with Gasteiger partial charge in [-0.25, -0.2) is 4.98 Å². The van der Waals surface area contributed by atoms with E-state index < -0.39 is 0 Å². The number of hydrogen-bond acceptors (Lipinski definition) is 5. The Bertz CT molecular complexity index is 762. The number of likely N-dealkylation sites (tertiary alicyclic amines) is 1. The predicted octanol–water partition coefficient (Wildman–Crippen LogP) is 4.13. The standard InChI is InChI=1S/C19H23N3O2S2/c1-13(2)26-16-8-4-3-7-15(16)18(24)22-10-5-6-14(12-22)17(23)21-19-20-9-11-25-19/h3-4,7-9,11,13-14H,5-6,10,12H2,1-2H3,(H,20,21,23). The zero-order valence-electron chi connectivity index (χ0n) is 15.0. The quantitative estimate of drug-likeness (QED) is 0.781. The molecule has 138 valence electrons. The van der Waals surface area contributed by atoms with Crippen LogP contribution in [0, 0.1) is 5.92 Å². The van der Waals surface area contributed by atoms with Crippen molar-refractivity contribution in [1.82, 2.24) is 9.88 Å². The predicted molar refractivity (Wildman–Crippen MR) is 107 cm³/mol. The van der Waals surface area contributed by atoms with Crippen LogP contribution in [0.4, 0.5) is 5.13 Å². The largest absolute Gasteiger partial charge is 0.338 e. The van der Waals surface area contributed by atoms with E-state index in [1.54, 1.807) is 18.0 Å². The summed E-state index contributed by atoms with van der Waals surface area (Å²) in [6.07, 6.45) is 3.30. The number of thioether (sulfide) groups is 1. The van der Waals surface area contributed by atoms with E-state index in [9.17, 15) is 9.59 Å². The number of amides is 2. The summed E-state index contributed by atoms with van der Waals surface area (Å²) in [7, 11) is 0. The van der Waals surface area contributed by atoms with Gasteiger partial charge in [0.15, 0.2) is 5.13 Å². The summed E-state index contributed by atoms with van der Waals surface area (Å²) in [6.45, 7) is 5.38. The lowest BCUT2D eigenvalue weighted by Gasteiger charge is -2.32. The SMILES string of the molecule is CC(C)Sc1ccccc1C(=O)N1CCCC(C(=O)Nc2nccs2)C1. The van der Waals surface area contributed by atoms with Crippen LogP contribution in [-0.4, -0.2) is 40.0 Å². The molecule has 7 heteroatoms. The number of piperidine rings is 1. The summed E-state index contributed by atoms with van der Waals surface area (Å²) >= 11 is 3.09. The molecule has 1 atom stereocenters. The van der Waals surface area contributed by atoms with E-state index in [0.717, 1.165) is 23.3 Å². The first kappa shape index (κ1) is 18.9. The van der Waals surface area contributed by atoms with Crippen LogP contribution < -0.4 is 5.32 Å². The molecule has 0 radical (unpaired) electrons. The van der Waals surface area contributed by atoms with Crippen molar-refractivity contribution in [3.8, 4) is 0 Å². The highest BCUT2D eigenvalue weighted by molar-refractivity contribution is 8.00. The highest BCUT2D eigenvalue weighted by Crippen LogP contribution is 2.29. The van der Waals surface area contributed by atoms with Gasteiger partial charge >= 0.3 is 0 Å². The second kappa shape index (κ2) is 8.68. The minimum Gasteiger partial charge on any atom is -0.338 e. The van der Waals surface area contributed by atoms with Gasteiger partial charge in [0.2, 0.25) is 5.91 Å². The summed E-state index contributed by atoms with van der Waals surface area (Å²) in [5.74, 6) is -0.232. The number of carbonyl (C=O) groups is 2. The Hall–Kier alpha value is -1.86. The Morgan fingerprint density at radius 2 is 2.15 bits per heavy atom. The maximum Gasteiger partial charge on any atom is 0.255 e. The van der Waals surface area contributed by atoms with E-state index in [2.05, 4.69) is 24.1 Å². The lowest BCUT2D eigenvalue weighted by Crippen LogP contribution is -2.43. The molecule has 0 bridgehead atoms. The number of carbonyl (C=O) groups excluding carboxylic acids is 2. The number of benzene rings is 1. The van der Waals surface area contributed by atoms with Gasteiger partial charge in [0.05, 0.1) is 11.5 Å². The molecule has 0 spiro atoms. The molecule has 3 rings (SSSR count). The highest BCUT2D eigenvalue weighted by Gasteiger charge is 2.30. The molecule has 5 nitrogen and oxygen atoms in total. The lowest BCUT2D eigenvalue weighted by molar-refractivity contribution is -0.121. The van der Waals surface area contributed by atoms with Crippen LogP contribution in [0.5, 0.6) is 0 Å². The van der Waals surface area contributed by atoms with Crippen molar-refractivity contribution in [2.75, 3.05) is 18.4 Å². The molecule has 0 aliphatic carbocycles. The summed E-state index contributed by atoms with van der Waals surface area (Å²) in [5.41, 5.74) is 0.729. The van der Waals surface area contributed by atoms with Gasteiger partial charge in [0.1, 0.15) is 0 Å². The summed E-state index contributed by atoms with van der Waals surface area (Å²) in [5, 5.41) is 5.70. The molecule has 1 saturated heterocycles. The van der Waals surface area contributed by atoms with Crippen LogP contribution in [0.25, 0.3) is 0 Å². The van der Waals surface area contributed by atoms with Gasteiger partial charge in [0, 0.05) is 34.8 Å². The van der Waals surface area contributed by atoms with Crippen molar-refractivity contribution in [1.29, 1.82) is 0 Å². The van der Waals surface area contributed by atoms with Gasteiger partial charge in [-0.05, 0) is 25.0 Å². The molecule has 1 aromatic heterocycles. The van der Waals surface area contributed by atoms with Crippen LogP contribution in [0.15, 0.2) is 40.7 Å². The third-order valence-corrected chi connectivity index (χ3v) is 5.99. The molecule has 0 saturated carbocycles. The number of rotatable bonds is 5. The van der Waals surface area contributed by atoms with Gasteiger partial charge in [-0.1, -0.05) is 26.0 Å². The van der Waals surface area contributed by atoms with Crippen molar-refractivity contribution in [3.05, 3.63) is 41.4 Å². The molecule has 1 N–H and O–H groups in total. The van der Waals surface area contributed by atoms with E-state index in [0.29, 0.717) is 23.5 Å². The van der Waals surface area contributed by atoms with Crippen LogP contribution in [0.2, 0.25) is 0 Å². The Kier molecular flexibility index (Phi) is 6.32. The fourth-order valence-electron chi connectivity index (χ4n) is 3.04. The van der Waals surface area contributed by atoms with E-state index >= 15 is 0 Å². The van der Waals surface area contributed by atoms with Crippen molar-refractivity contribution in [2.24, 2.45) is 5.92 Å². The average molecular weight is 390 g/mol. The topological polar surface area (TPSA) is 62.3 Å². The second-order valence-corrected chi connectivity index (χ2v) is 9.09. The Morgan fingerprint density at radius 3 is 2.88 bits per heavy atom. The van der Waals surface area contributed by atoms with Crippen molar-refractivity contribution in [2.45, 2.75) is 36.8 Å². The van der Waals surface area contributed by atoms with Crippen molar-refractivity contribution in [3.63, 3.8) is 0 Å². The number of thiazole rings is 1. The van der Waals surface area contributed by atoms with Crippen LogP contribution >= 0.6 is 23.1 Å². The molecule has 26 heavy (non-hydrogen) atoms. The number of anilines is 1. The van der Waals surface area contributed by atoms with Crippen LogP contribution in [-0.2, 0) is 4.79 Å². The normalized spacial score (nSPS) is 17.3. The molecule has 2 aromatic rings. The van der Waals surface area contributed by atoms with E-state index in [-0.39, 0.29) is 17.7 Å². The van der Waals surface area contributed by atoms with Gasteiger partial charge in [0.25, 0.3) is 5.91 Å². The molecule has 2 heterocycles. The molecule has 1 aromatic carbocycles. The van der Waals surface area contributed by atoms with E-state index in [1.807, 2.05) is 34.5 Å². The third kappa shape index (κ3) is 4.65. The molecule has 1 unspecified atom stereocenters. The van der Waals surface area contributed by atoms with Gasteiger partial charge in [-0.2, -0.15) is 0 Å². The number of nitrogens with one attached hydrogen (secondary N) is 1. The summed E-state index contributed by atoms with van der Waals surface area (Å²) < 4.78 is 0. The average Bonchev–Trinajstić information content (AvgIpc) is 3.14. The van der Waals surface area contributed by atoms with Gasteiger partial charge < -0.3 is 10.2 Å². The number of hydrogen-bond donors (Lipinski definition) is 1. The maximum atomic E-state index is 13.1. The van der Waals surface area contributed by atoms with Crippen molar-refractivity contribution < 1.29 is 9.59 Å². The Balaban J connectivity index is 1.69. The fraction of sp³-hybridized carbons (Fsp3) is 0.421. The molecular weight excluding hydrogens is 366 g/mol. The van der Waals surface area contributed by atoms with Gasteiger partial charge in [-0.3, -0.25) is 9.59 Å². The minimum atomic E-state index is -0.193. The van der Waals surface area contributed by atoms with Gasteiger partial charge in [-0.15, -0.1) is 23.1 Å². The molecule has 1 aliphatic rings. The zero-order chi connectivity index (χ0) is 18.5.